The van der Waals surface area contributed by atoms with Gasteiger partial charge < -0.3 is 28.7 Å². The summed E-state index contributed by atoms with van der Waals surface area (Å²) in [4.78, 5) is 107. The first-order valence-corrected chi connectivity index (χ1v) is 18.2. The van der Waals surface area contributed by atoms with Crippen molar-refractivity contribution in [2.75, 3.05) is 27.4 Å². The highest BCUT2D eigenvalue weighted by Gasteiger charge is 2.65. The summed E-state index contributed by atoms with van der Waals surface area (Å²) in [6.07, 6.45) is 0. The Kier molecular flexibility index (Phi) is 8.56. The van der Waals surface area contributed by atoms with Gasteiger partial charge in [0.2, 0.25) is 11.8 Å². The highest BCUT2D eigenvalue weighted by atomic mass is 16.5. The van der Waals surface area contributed by atoms with Crippen molar-refractivity contribution in [2.24, 2.45) is 0 Å². The van der Waals surface area contributed by atoms with Crippen LogP contribution in [0.1, 0.15) is 64.6 Å². The van der Waals surface area contributed by atoms with Gasteiger partial charge in [-0.1, -0.05) is 48.5 Å². The van der Waals surface area contributed by atoms with Crippen LogP contribution >= 0.6 is 0 Å². The van der Waals surface area contributed by atoms with Gasteiger partial charge in [0, 0.05) is 0 Å². The number of amides is 6. The predicted molar refractivity (Wildman–Crippen MR) is 196 cm³/mol. The molecule has 6 heterocycles. The molecule has 4 saturated heterocycles. The second-order valence-corrected chi connectivity index (χ2v) is 14.2. The number of carbonyl (C=O) groups is 8. The lowest BCUT2D eigenvalue weighted by atomic mass is 9.87. The van der Waals surface area contributed by atoms with Crippen molar-refractivity contribution in [3.05, 3.63) is 130 Å². The summed E-state index contributed by atoms with van der Waals surface area (Å²) in [6, 6.07) is 21.6. The molecule has 0 radical (unpaired) electrons. The molecule has 0 saturated carbocycles. The highest BCUT2D eigenvalue weighted by Crippen LogP contribution is 2.43. The number of ether oxygens (including phenoxy) is 4. The lowest BCUT2D eigenvalue weighted by Gasteiger charge is -2.53. The topological polar surface area (TPSA) is 186 Å². The number of methoxy groups -OCH3 is 2. The Morgan fingerprint density at radius 2 is 0.759 bits per heavy atom. The van der Waals surface area contributed by atoms with Crippen molar-refractivity contribution in [3.63, 3.8) is 0 Å². The first kappa shape index (κ1) is 36.3. The number of benzene rings is 4. The molecule has 6 aliphatic heterocycles. The number of β-lactam (4-membered cyclic amide) rings is 2. The van der Waals surface area contributed by atoms with Crippen molar-refractivity contribution in [2.45, 2.75) is 36.3 Å². The van der Waals surface area contributed by atoms with Crippen molar-refractivity contribution in [1.82, 2.24) is 19.6 Å². The van der Waals surface area contributed by atoms with Crippen LogP contribution in [0, 0.1) is 0 Å². The third kappa shape index (κ3) is 5.28. The van der Waals surface area contributed by atoms with E-state index in [0.717, 1.165) is 20.9 Å². The van der Waals surface area contributed by atoms with E-state index in [2.05, 4.69) is 0 Å². The first-order chi connectivity index (χ1) is 28.0. The van der Waals surface area contributed by atoms with Gasteiger partial charge in [0.05, 0.1) is 48.6 Å². The molecule has 16 heteroatoms. The SMILES string of the molecule is COc1ccc([C@H]2COC(=O)[C@@H]3[C@@H](N4C(=O)c5ccccc5C4=O)C(=O)N23)cc1.COc1ccc([C@H]2COC(=O)[C@@H]3[C@@H](N4C(=O)c5ccccc5C4=O)C(=O)N23)cc1. The van der Waals surface area contributed by atoms with E-state index < -0.39 is 83.6 Å². The number of rotatable bonds is 6. The quantitative estimate of drug-likeness (QED) is 0.158. The van der Waals surface area contributed by atoms with Crippen LogP contribution in [0.3, 0.4) is 0 Å². The van der Waals surface area contributed by atoms with E-state index in [4.69, 9.17) is 18.9 Å². The number of nitrogens with zero attached hydrogens (tertiary/aromatic N) is 4. The van der Waals surface area contributed by atoms with Gasteiger partial charge in [-0.25, -0.2) is 9.59 Å². The van der Waals surface area contributed by atoms with Crippen LogP contribution in [0.5, 0.6) is 11.5 Å². The largest absolute Gasteiger partial charge is 0.497 e. The minimum atomic E-state index is -1.18. The van der Waals surface area contributed by atoms with Gasteiger partial charge in [-0.05, 0) is 59.7 Å². The Morgan fingerprint density at radius 1 is 0.448 bits per heavy atom. The minimum Gasteiger partial charge on any atom is -0.497 e. The smallest absolute Gasteiger partial charge is 0.331 e. The fourth-order valence-electron chi connectivity index (χ4n) is 8.41. The number of fused-ring (bicyclic) bond motifs is 4. The molecular weight excluding hydrogens is 752 g/mol. The fraction of sp³-hybridized carbons (Fsp3) is 0.238. The molecule has 58 heavy (non-hydrogen) atoms. The van der Waals surface area contributed by atoms with Crippen molar-refractivity contribution in [3.8, 4) is 11.5 Å². The van der Waals surface area contributed by atoms with Gasteiger partial charge in [-0.3, -0.25) is 38.6 Å². The average molecular weight is 785 g/mol. The standard InChI is InChI=1S/2C21H16N2O6/c2*1-28-12-8-6-11(7-9-12)15-10-29-21(27)17-16(20(26)22(15)17)23-18(24)13-4-2-3-5-14(13)19(23)25/h2*2-9,15-17H,10H2,1H3/t2*15-,16-,17+/m11/s1. The molecule has 4 fully saturated rings. The molecule has 10 rings (SSSR count). The number of carbonyl (C=O) groups excluding carboxylic acids is 8. The molecule has 292 valence electrons. The van der Waals surface area contributed by atoms with E-state index in [-0.39, 0.29) is 35.5 Å². The molecule has 16 nitrogen and oxygen atoms in total. The molecule has 0 aromatic heterocycles. The molecular formula is C42H32N4O12. The third-order valence-corrected chi connectivity index (χ3v) is 11.3. The summed E-state index contributed by atoms with van der Waals surface area (Å²) in [5.74, 6) is -3.05. The molecule has 0 unspecified atom stereocenters. The zero-order valence-electron chi connectivity index (χ0n) is 30.8. The molecule has 4 aromatic carbocycles. The van der Waals surface area contributed by atoms with E-state index in [1.165, 1.54) is 34.1 Å². The second kappa shape index (κ2) is 13.7. The summed E-state index contributed by atoms with van der Waals surface area (Å²) >= 11 is 0. The molecule has 0 bridgehead atoms. The Labute approximate surface area is 329 Å². The zero-order chi connectivity index (χ0) is 40.6. The lowest BCUT2D eigenvalue weighted by Crippen LogP contribution is -2.76. The highest BCUT2D eigenvalue weighted by molar-refractivity contribution is 6.25. The van der Waals surface area contributed by atoms with Gasteiger partial charge >= 0.3 is 11.9 Å². The third-order valence-electron chi connectivity index (χ3n) is 11.3. The number of hydrogen-bond acceptors (Lipinski definition) is 12. The number of morpholine rings is 2. The average Bonchev–Trinajstić information content (AvgIpc) is 3.64. The maximum atomic E-state index is 13.0. The summed E-state index contributed by atoms with van der Waals surface area (Å²) in [6.45, 7) is 0.0322. The summed E-state index contributed by atoms with van der Waals surface area (Å²) in [7, 11) is 3.11. The van der Waals surface area contributed by atoms with Crippen LogP contribution in [0.25, 0.3) is 0 Å². The number of imide groups is 2. The number of hydrogen-bond donors (Lipinski definition) is 0. The van der Waals surface area contributed by atoms with E-state index in [0.29, 0.717) is 11.5 Å². The summed E-state index contributed by atoms with van der Waals surface area (Å²) < 4.78 is 20.9. The van der Waals surface area contributed by atoms with Gasteiger partial charge in [0.15, 0.2) is 24.2 Å². The van der Waals surface area contributed by atoms with E-state index in [1.54, 1.807) is 87.0 Å². The van der Waals surface area contributed by atoms with Crippen molar-refractivity contribution >= 4 is 47.4 Å². The Hall–Kier alpha value is -7.36. The maximum absolute atomic E-state index is 13.0. The van der Waals surface area contributed by atoms with Gasteiger partial charge in [-0.15, -0.1) is 0 Å². The van der Waals surface area contributed by atoms with E-state index >= 15 is 0 Å². The van der Waals surface area contributed by atoms with Crippen LogP contribution in [-0.2, 0) is 28.7 Å². The predicted octanol–water partition coefficient (Wildman–Crippen LogP) is 2.34. The zero-order valence-corrected chi connectivity index (χ0v) is 30.8. The summed E-state index contributed by atoms with van der Waals surface area (Å²) in [5.41, 5.74) is 2.49. The normalized spacial score (nSPS) is 25.3. The van der Waals surface area contributed by atoms with Gasteiger partial charge in [-0.2, -0.15) is 0 Å². The maximum Gasteiger partial charge on any atom is 0.331 e. The Bertz CT molecular complexity index is 2230. The number of esters is 2. The molecule has 0 spiro atoms. The van der Waals surface area contributed by atoms with Crippen LogP contribution in [0.4, 0.5) is 0 Å². The lowest BCUT2D eigenvalue weighted by molar-refractivity contribution is -0.191. The van der Waals surface area contributed by atoms with Crippen LogP contribution in [0.15, 0.2) is 97.1 Å². The monoisotopic (exact) mass is 784 g/mol. The molecule has 6 amide bonds. The second-order valence-electron chi connectivity index (χ2n) is 14.2. The van der Waals surface area contributed by atoms with Crippen LogP contribution < -0.4 is 9.47 Å². The first-order valence-electron chi connectivity index (χ1n) is 18.2. The number of cyclic esters (lactones) is 2. The van der Waals surface area contributed by atoms with Crippen LogP contribution in [-0.4, -0.2) is 119 Å². The fourth-order valence-corrected chi connectivity index (χ4v) is 8.41. The van der Waals surface area contributed by atoms with Crippen LogP contribution in [0.2, 0.25) is 0 Å². The molecule has 6 atom stereocenters. The molecule has 0 N–H and O–H groups in total. The Balaban J connectivity index is 0.000000150. The van der Waals surface area contributed by atoms with Gasteiger partial charge in [0.1, 0.15) is 24.7 Å². The minimum absolute atomic E-state index is 0.0161. The molecule has 4 aromatic rings. The van der Waals surface area contributed by atoms with Crippen molar-refractivity contribution in [1.29, 1.82) is 0 Å². The van der Waals surface area contributed by atoms with Crippen molar-refractivity contribution < 1.29 is 57.3 Å². The van der Waals surface area contributed by atoms with Gasteiger partial charge in [0.25, 0.3) is 23.6 Å². The molecule has 6 aliphatic rings. The summed E-state index contributed by atoms with van der Waals surface area (Å²) in [5, 5.41) is 0. The Morgan fingerprint density at radius 3 is 1.05 bits per heavy atom. The van der Waals surface area contributed by atoms with E-state index in [9.17, 15) is 38.4 Å². The molecule has 0 aliphatic carbocycles. The van der Waals surface area contributed by atoms with E-state index in [1.807, 2.05) is 0 Å².